The first-order valence-electron chi connectivity index (χ1n) is 6.40. The summed E-state index contributed by atoms with van der Waals surface area (Å²) in [6.45, 7) is 2.81. The van der Waals surface area contributed by atoms with Gasteiger partial charge in [0.05, 0.1) is 0 Å². The fraction of sp³-hybridized carbons (Fsp3) is 0.500. The molecule has 0 aliphatic carbocycles. The first kappa shape index (κ1) is 11.7. The predicted molar refractivity (Wildman–Crippen MR) is 66.8 cm³/mol. The van der Waals surface area contributed by atoms with Crippen molar-refractivity contribution in [2.75, 3.05) is 26.7 Å². The normalized spacial score (nSPS) is 27.6. The Morgan fingerprint density at radius 3 is 3.00 bits per heavy atom. The molecule has 2 aliphatic rings. The number of fused-ring (bicyclic) bond motifs is 1. The van der Waals surface area contributed by atoms with Crippen molar-refractivity contribution < 1.29 is 9.18 Å². The predicted octanol–water partition coefficient (Wildman–Crippen LogP) is 1.60. The van der Waals surface area contributed by atoms with Crippen molar-refractivity contribution >= 4 is 5.91 Å². The second-order valence-corrected chi connectivity index (χ2v) is 5.35. The van der Waals surface area contributed by atoms with Crippen LogP contribution in [-0.4, -0.2) is 48.4 Å². The van der Waals surface area contributed by atoms with E-state index in [1.165, 1.54) is 12.1 Å². The Bertz CT molecular complexity index is 477. The third-order valence-corrected chi connectivity index (χ3v) is 4.06. The number of hydrogen-bond acceptors (Lipinski definition) is 2. The molecule has 1 aromatic carbocycles. The largest absolute Gasteiger partial charge is 0.334 e. The molecule has 0 N–H and O–H groups in total. The van der Waals surface area contributed by atoms with Crippen LogP contribution in [0.25, 0.3) is 0 Å². The Hall–Kier alpha value is -1.42. The van der Waals surface area contributed by atoms with E-state index in [1.807, 2.05) is 4.90 Å². The van der Waals surface area contributed by atoms with E-state index in [4.69, 9.17) is 0 Å². The molecule has 1 aromatic rings. The maximum Gasteiger partial charge on any atom is 0.254 e. The van der Waals surface area contributed by atoms with E-state index in [0.717, 1.165) is 26.1 Å². The lowest BCUT2D eigenvalue weighted by Crippen LogP contribution is -2.39. The second-order valence-electron chi connectivity index (χ2n) is 5.35. The minimum Gasteiger partial charge on any atom is -0.334 e. The molecular formula is C14H17FN2O. The number of benzene rings is 1. The van der Waals surface area contributed by atoms with Crippen LogP contribution < -0.4 is 0 Å². The molecule has 2 aliphatic heterocycles. The number of hydrogen-bond donors (Lipinski definition) is 0. The standard InChI is InChI=1S/C14H17FN2O/c1-16-8-11-5-6-17(13(11)9-16)14(18)10-3-2-4-12(15)7-10/h2-4,7,11,13H,5-6,8-9H2,1H3/t11-,13+/m1/s1. The average molecular weight is 248 g/mol. The molecule has 4 heteroatoms. The van der Waals surface area contributed by atoms with Gasteiger partial charge in [0.15, 0.2) is 0 Å². The lowest BCUT2D eigenvalue weighted by atomic mass is 10.0. The summed E-state index contributed by atoms with van der Waals surface area (Å²) in [6, 6.07) is 6.29. The van der Waals surface area contributed by atoms with E-state index >= 15 is 0 Å². The van der Waals surface area contributed by atoms with Gasteiger partial charge in [-0.3, -0.25) is 4.79 Å². The van der Waals surface area contributed by atoms with E-state index in [1.54, 1.807) is 12.1 Å². The quantitative estimate of drug-likeness (QED) is 0.753. The fourth-order valence-electron chi connectivity index (χ4n) is 3.21. The highest BCUT2D eigenvalue weighted by molar-refractivity contribution is 5.94. The van der Waals surface area contributed by atoms with Crippen molar-refractivity contribution in [3.05, 3.63) is 35.6 Å². The molecule has 2 heterocycles. The monoisotopic (exact) mass is 248 g/mol. The summed E-state index contributed by atoms with van der Waals surface area (Å²) in [5.74, 6) is 0.213. The van der Waals surface area contributed by atoms with Gasteiger partial charge in [0, 0.05) is 31.2 Å². The Morgan fingerprint density at radius 2 is 2.22 bits per heavy atom. The lowest BCUT2D eigenvalue weighted by molar-refractivity contribution is 0.0729. The molecule has 0 radical (unpaired) electrons. The summed E-state index contributed by atoms with van der Waals surface area (Å²) < 4.78 is 13.2. The van der Waals surface area contributed by atoms with Gasteiger partial charge < -0.3 is 9.80 Å². The van der Waals surface area contributed by atoms with Gasteiger partial charge in [0.1, 0.15) is 5.82 Å². The van der Waals surface area contributed by atoms with Crippen molar-refractivity contribution in [3.8, 4) is 0 Å². The van der Waals surface area contributed by atoms with Crippen LogP contribution in [0.2, 0.25) is 0 Å². The fourth-order valence-corrected chi connectivity index (χ4v) is 3.21. The lowest BCUT2D eigenvalue weighted by Gasteiger charge is -2.24. The zero-order valence-electron chi connectivity index (χ0n) is 10.5. The molecule has 2 atom stereocenters. The Balaban J connectivity index is 1.81. The van der Waals surface area contributed by atoms with Crippen molar-refractivity contribution in [1.29, 1.82) is 0 Å². The highest BCUT2D eigenvalue weighted by Gasteiger charge is 2.42. The highest BCUT2D eigenvalue weighted by atomic mass is 19.1. The summed E-state index contributed by atoms with van der Waals surface area (Å²) in [5.41, 5.74) is 0.463. The van der Waals surface area contributed by atoms with Gasteiger partial charge in [0.2, 0.25) is 0 Å². The van der Waals surface area contributed by atoms with Crippen LogP contribution in [0.1, 0.15) is 16.8 Å². The summed E-state index contributed by atoms with van der Waals surface area (Å²) in [5, 5.41) is 0. The van der Waals surface area contributed by atoms with Gasteiger partial charge in [-0.1, -0.05) is 6.07 Å². The number of likely N-dealkylation sites (tertiary alicyclic amines) is 2. The van der Waals surface area contributed by atoms with Crippen molar-refractivity contribution in [1.82, 2.24) is 9.80 Å². The third-order valence-electron chi connectivity index (χ3n) is 4.06. The maximum atomic E-state index is 13.2. The van der Waals surface area contributed by atoms with Gasteiger partial charge in [0.25, 0.3) is 5.91 Å². The van der Waals surface area contributed by atoms with E-state index in [9.17, 15) is 9.18 Å². The summed E-state index contributed by atoms with van der Waals surface area (Å²) in [4.78, 5) is 16.6. The molecule has 18 heavy (non-hydrogen) atoms. The Kier molecular flexibility index (Phi) is 2.82. The average Bonchev–Trinajstić information content (AvgIpc) is 2.87. The van der Waals surface area contributed by atoms with Crippen LogP contribution in [0.15, 0.2) is 24.3 Å². The maximum absolute atomic E-state index is 13.2. The van der Waals surface area contributed by atoms with E-state index in [2.05, 4.69) is 11.9 Å². The van der Waals surface area contributed by atoms with Crippen LogP contribution in [0.4, 0.5) is 4.39 Å². The smallest absolute Gasteiger partial charge is 0.254 e. The number of likely N-dealkylation sites (N-methyl/N-ethyl adjacent to an activating group) is 1. The molecule has 3 nitrogen and oxygen atoms in total. The molecule has 0 aromatic heterocycles. The number of rotatable bonds is 1. The van der Waals surface area contributed by atoms with Crippen LogP contribution in [0.5, 0.6) is 0 Å². The molecular weight excluding hydrogens is 231 g/mol. The van der Waals surface area contributed by atoms with Crippen LogP contribution in [0, 0.1) is 11.7 Å². The van der Waals surface area contributed by atoms with Crippen molar-refractivity contribution in [2.24, 2.45) is 5.92 Å². The van der Waals surface area contributed by atoms with Crippen molar-refractivity contribution in [2.45, 2.75) is 12.5 Å². The molecule has 96 valence electrons. The molecule has 3 rings (SSSR count). The number of nitrogens with zero attached hydrogens (tertiary/aromatic N) is 2. The summed E-state index contributed by atoms with van der Waals surface area (Å²) in [7, 11) is 2.09. The topological polar surface area (TPSA) is 23.6 Å². The van der Waals surface area contributed by atoms with Crippen LogP contribution in [-0.2, 0) is 0 Å². The first-order valence-corrected chi connectivity index (χ1v) is 6.40. The molecule has 1 amide bonds. The molecule has 2 saturated heterocycles. The molecule has 0 spiro atoms. The summed E-state index contributed by atoms with van der Waals surface area (Å²) in [6.07, 6.45) is 1.07. The molecule has 0 unspecified atom stereocenters. The molecule has 0 saturated carbocycles. The minimum atomic E-state index is -0.347. The number of halogens is 1. The van der Waals surface area contributed by atoms with E-state index in [0.29, 0.717) is 17.5 Å². The number of carbonyl (C=O) groups is 1. The zero-order chi connectivity index (χ0) is 12.7. The van der Waals surface area contributed by atoms with Crippen LogP contribution >= 0.6 is 0 Å². The van der Waals surface area contributed by atoms with Crippen molar-refractivity contribution in [3.63, 3.8) is 0 Å². The zero-order valence-corrected chi connectivity index (χ0v) is 10.5. The number of carbonyl (C=O) groups excluding carboxylic acids is 1. The van der Waals surface area contributed by atoms with Gasteiger partial charge in [-0.2, -0.15) is 0 Å². The SMILES string of the molecule is CN1C[C@H]2CCN(C(=O)c3cccc(F)c3)[C@H]2C1. The van der Waals surface area contributed by atoms with E-state index in [-0.39, 0.29) is 11.7 Å². The minimum absolute atomic E-state index is 0.0303. The first-order chi connectivity index (χ1) is 8.65. The second kappa shape index (κ2) is 4.35. The van der Waals surface area contributed by atoms with E-state index < -0.39 is 0 Å². The van der Waals surface area contributed by atoms with Crippen LogP contribution in [0.3, 0.4) is 0 Å². The van der Waals surface area contributed by atoms with Gasteiger partial charge >= 0.3 is 0 Å². The Morgan fingerprint density at radius 1 is 1.39 bits per heavy atom. The third kappa shape index (κ3) is 1.90. The molecule has 2 fully saturated rings. The molecule has 0 bridgehead atoms. The number of amides is 1. The van der Waals surface area contributed by atoms with Gasteiger partial charge in [-0.05, 0) is 37.6 Å². The van der Waals surface area contributed by atoms with Gasteiger partial charge in [-0.15, -0.1) is 0 Å². The Labute approximate surface area is 106 Å². The van der Waals surface area contributed by atoms with Gasteiger partial charge in [-0.25, -0.2) is 4.39 Å². The highest BCUT2D eigenvalue weighted by Crippen LogP contribution is 2.31. The summed E-state index contributed by atoms with van der Waals surface area (Å²) >= 11 is 0.